The smallest absolute Gasteiger partial charge is 0.322 e. The second-order valence-electron chi connectivity index (χ2n) is 17.1. The van der Waals surface area contributed by atoms with E-state index in [9.17, 15) is 14.4 Å². The summed E-state index contributed by atoms with van der Waals surface area (Å²) in [5.41, 5.74) is 0. The summed E-state index contributed by atoms with van der Waals surface area (Å²) < 4.78 is 6.03. The number of amides is 1. The van der Waals surface area contributed by atoms with Crippen molar-refractivity contribution in [3.8, 4) is 0 Å². The fraction of sp³-hybridized carbons (Fsp3) is 0.827. The van der Waals surface area contributed by atoms with E-state index in [4.69, 9.17) is 9.84 Å². The average Bonchev–Trinajstić information content (AvgIpc) is 3.21. The number of aliphatic carboxylic acids is 1. The minimum absolute atomic E-state index is 0.0173. The number of ether oxygens (including phenoxy) is 1. The van der Waals surface area contributed by atoms with Crippen molar-refractivity contribution in [2.24, 2.45) is 0 Å². The summed E-state index contributed by atoms with van der Waals surface area (Å²) in [4.78, 5) is 35.1. The van der Waals surface area contributed by atoms with Gasteiger partial charge in [0.2, 0.25) is 5.91 Å². The van der Waals surface area contributed by atoms with Crippen LogP contribution in [-0.4, -0.2) is 35.6 Å². The molecule has 0 aliphatic heterocycles. The number of unbranched alkanes of at least 4 members (excludes halogenated alkanes) is 29. The molecular weight excluding hydrogens is 719 g/mol. The van der Waals surface area contributed by atoms with Crippen LogP contribution in [0.5, 0.6) is 0 Å². The third-order valence-electron chi connectivity index (χ3n) is 11.3. The van der Waals surface area contributed by atoms with E-state index in [0.717, 1.165) is 77.0 Å². The molecule has 2 N–H and O–H groups in total. The van der Waals surface area contributed by atoms with Gasteiger partial charge in [0.05, 0.1) is 0 Å². The van der Waals surface area contributed by atoms with E-state index in [-0.39, 0.29) is 24.5 Å². The van der Waals surface area contributed by atoms with Gasteiger partial charge in [0, 0.05) is 12.8 Å². The Morgan fingerprint density at radius 1 is 0.448 bits per heavy atom. The van der Waals surface area contributed by atoms with E-state index in [2.05, 4.69) is 55.6 Å². The van der Waals surface area contributed by atoms with Crippen LogP contribution in [0.25, 0.3) is 0 Å². The van der Waals surface area contributed by atoms with Gasteiger partial charge in [-0.2, -0.15) is 0 Å². The maximum atomic E-state index is 12.8. The van der Waals surface area contributed by atoms with Crippen molar-refractivity contribution < 1.29 is 24.2 Å². The van der Waals surface area contributed by atoms with Gasteiger partial charge in [0.25, 0.3) is 0 Å². The number of carbonyl (C=O) groups is 3. The predicted octanol–water partition coefficient (Wildman–Crippen LogP) is 16.0. The zero-order valence-electron chi connectivity index (χ0n) is 38.4. The monoisotopic (exact) mass is 814 g/mol. The number of hydrogen-bond acceptors (Lipinski definition) is 4. The van der Waals surface area contributed by atoms with Crippen molar-refractivity contribution in [1.29, 1.82) is 0 Å². The highest BCUT2D eigenvalue weighted by atomic mass is 16.5. The first kappa shape index (κ1) is 55.6. The highest BCUT2D eigenvalue weighted by Crippen LogP contribution is 2.18. The van der Waals surface area contributed by atoms with Gasteiger partial charge in [0.1, 0.15) is 12.6 Å². The fourth-order valence-corrected chi connectivity index (χ4v) is 7.55. The van der Waals surface area contributed by atoms with Crippen molar-refractivity contribution >= 4 is 17.8 Å². The molecule has 58 heavy (non-hydrogen) atoms. The first-order valence-corrected chi connectivity index (χ1v) is 25.1. The second-order valence-corrected chi connectivity index (χ2v) is 17.1. The van der Waals surface area contributed by atoms with Gasteiger partial charge in [0.15, 0.2) is 0 Å². The maximum Gasteiger partial charge on any atom is 0.322 e. The van der Waals surface area contributed by atoms with E-state index in [0.29, 0.717) is 12.8 Å². The van der Waals surface area contributed by atoms with Crippen LogP contribution in [0.15, 0.2) is 36.5 Å². The van der Waals surface area contributed by atoms with Gasteiger partial charge in [-0.05, 0) is 89.9 Å². The number of carboxylic acid groups (broad SMARTS) is 1. The molecule has 0 heterocycles. The minimum atomic E-state index is -1.02. The summed E-state index contributed by atoms with van der Waals surface area (Å²) in [6, 6.07) is 0. The summed E-state index contributed by atoms with van der Waals surface area (Å²) in [5.74, 6) is -1.25. The molecule has 0 radical (unpaired) electrons. The Morgan fingerprint density at radius 3 is 1.28 bits per heavy atom. The Kier molecular flexibility index (Phi) is 45.4. The molecule has 6 heteroatoms. The van der Waals surface area contributed by atoms with E-state index in [1.165, 1.54) is 161 Å². The number of rotatable bonds is 46. The molecule has 1 unspecified atom stereocenters. The quantitative estimate of drug-likeness (QED) is 0.0363. The van der Waals surface area contributed by atoms with Crippen molar-refractivity contribution in [2.75, 3.05) is 6.54 Å². The molecule has 0 bridgehead atoms. The normalized spacial score (nSPS) is 12.3. The Labute approximate surface area is 359 Å². The standard InChI is InChI=1S/C52H95NO5/c1-3-5-7-9-11-13-15-17-18-19-20-21-22-23-24-25-26-28-30-32-34-39-43-47-52(57)58-49(45-41-37-35-38-42-46-50(54)53-48-51(55)56)44-40-36-33-31-29-27-16-14-12-10-8-6-4-2/h16,19-20,27,31,33,49H,3-15,17-18,21-26,28-30,32,34-48H2,1-2H3,(H,53,54)(H,55,56)/b20-19-,27-16-,33-31-. The second kappa shape index (κ2) is 47.3. The van der Waals surface area contributed by atoms with Crippen molar-refractivity contribution in [3.05, 3.63) is 36.5 Å². The molecule has 338 valence electrons. The van der Waals surface area contributed by atoms with Crippen molar-refractivity contribution in [1.82, 2.24) is 5.32 Å². The third kappa shape index (κ3) is 46.3. The summed E-state index contributed by atoms with van der Waals surface area (Å²) in [5, 5.41) is 11.1. The molecule has 0 aromatic heterocycles. The topological polar surface area (TPSA) is 92.7 Å². The van der Waals surface area contributed by atoms with Crippen LogP contribution in [0.1, 0.15) is 264 Å². The minimum Gasteiger partial charge on any atom is -0.480 e. The average molecular weight is 814 g/mol. The predicted molar refractivity (Wildman–Crippen MR) is 249 cm³/mol. The fourth-order valence-electron chi connectivity index (χ4n) is 7.55. The van der Waals surface area contributed by atoms with Gasteiger partial charge in [-0.1, -0.05) is 198 Å². The summed E-state index contributed by atoms with van der Waals surface area (Å²) in [6.45, 7) is 4.23. The zero-order chi connectivity index (χ0) is 42.3. The van der Waals surface area contributed by atoms with Gasteiger partial charge < -0.3 is 15.2 Å². The molecule has 1 atom stereocenters. The molecular formula is C52H95NO5. The number of carboxylic acids is 1. The van der Waals surface area contributed by atoms with E-state index in [1.54, 1.807) is 0 Å². The van der Waals surface area contributed by atoms with Crippen molar-refractivity contribution in [3.63, 3.8) is 0 Å². The van der Waals surface area contributed by atoms with Gasteiger partial charge in [-0.3, -0.25) is 14.4 Å². The lowest BCUT2D eigenvalue weighted by Gasteiger charge is -2.18. The maximum absolute atomic E-state index is 12.8. The molecule has 0 aliphatic carbocycles. The summed E-state index contributed by atoms with van der Waals surface area (Å²) in [7, 11) is 0. The Bertz CT molecular complexity index is 988. The van der Waals surface area contributed by atoms with Crippen LogP contribution in [0.2, 0.25) is 0 Å². The van der Waals surface area contributed by atoms with Crippen LogP contribution in [0, 0.1) is 0 Å². The number of esters is 1. The lowest BCUT2D eigenvalue weighted by molar-refractivity contribution is -0.150. The van der Waals surface area contributed by atoms with Gasteiger partial charge in [-0.25, -0.2) is 0 Å². The van der Waals surface area contributed by atoms with E-state index in [1.807, 2.05) is 0 Å². The molecule has 0 saturated carbocycles. The van der Waals surface area contributed by atoms with E-state index < -0.39 is 5.97 Å². The van der Waals surface area contributed by atoms with E-state index >= 15 is 0 Å². The molecule has 0 spiro atoms. The molecule has 0 rings (SSSR count). The van der Waals surface area contributed by atoms with Crippen LogP contribution in [-0.2, 0) is 19.1 Å². The van der Waals surface area contributed by atoms with Gasteiger partial charge in [-0.15, -0.1) is 0 Å². The Morgan fingerprint density at radius 2 is 0.810 bits per heavy atom. The Hall–Kier alpha value is -2.37. The first-order valence-electron chi connectivity index (χ1n) is 25.1. The number of carbonyl (C=O) groups excluding carboxylic acids is 2. The summed E-state index contributed by atoms with van der Waals surface area (Å²) in [6.07, 6.45) is 60.1. The molecule has 0 aromatic carbocycles. The van der Waals surface area contributed by atoms with Crippen molar-refractivity contribution in [2.45, 2.75) is 270 Å². The first-order chi connectivity index (χ1) is 28.5. The SMILES string of the molecule is CCCCCCC/C=C\C/C=C\CCCC(CCCCCCCC(=O)NCC(=O)O)OC(=O)CCCCCCCCCCCCC/C=C\CCCCCCCCCC. The lowest BCUT2D eigenvalue weighted by Crippen LogP contribution is -2.28. The zero-order valence-corrected chi connectivity index (χ0v) is 38.4. The largest absolute Gasteiger partial charge is 0.480 e. The van der Waals surface area contributed by atoms with Gasteiger partial charge >= 0.3 is 11.9 Å². The summed E-state index contributed by atoms with van der Waals surface area (Å²) >= 11 is 0. The molecule has 1 amide bonds. The highest BCUT2D eigenvalue weighted by Gasteiger charge is 2.14. The molecule has 6 nitrogen and oxygen atoms in total. The van der Waals surface area contributed by atoms with Crippen LogP contribution < -0.4 is 5.32 Å². The number of allylic oxidation sites excluding steroid dienone is 6. The Balaban J connectivity index is 4.07. The highest BCUT2D eigenvalue weighted by molar-refractivity contribution is 5.80. The van der Waals surface area contributed by atoms with Crippen LogP contribution >= 0.6 is 0 Å². The number of hydrogen-bond donors (Lipinski definition) is 2. The van der Waals surface area contributed by atoms with Crippen LogP contribution in [0.3, 0.4) is 0 Å². The molecule has 0 aliphatic rings. The number of nitrogens with one attached hydrogen (secondary N) is 1. The van der Waals surface area contributed by atoms with Crippen LogP contribution in [0.4, 0.5) is 0 Å². The molecule has 0 saturated heterocycles. The molecule has 0 aromatic rings. The lowest BCUT2D eigenvalue weighted by atomic mass is 10.0. The molecule has 0 fully saturated rings. The third-order valence-corrected chi connectivity index (χ3v) is 11.3.